The van der Waals surface area contributed by atoms with Crippen LogP contribution in [-0.4, -0.2) is 45.1 Å². The number of hydrogen-bond acceptors (Lipinski definition) is 4. The summed E-state index contributed by atoms with van der Waals surface area (Å²) in [4.78, 5) is 21.2. The number of nitrogens with zero attached hydrogens (tertiary/aromatic N) is 2. The van der Waals surface area contributed by atoms with E-state index in [1.807, 2.05) is 6.07 Å². The van der Waals surface area contributed by atoms with Crippen molar-refractivity contribution in [1.29, 1.82) is 0 Å². The van der Waals surface area contributed by atoms with Crippen molar-refractivity contribution < 1.29 is 14.3 Å². The third kappa shape index (κ3) is 3.31. The van der Waals surface area contributed by atoms with Gasteiger partial charge in [0.15, 0.2) is 0 Å². The van der Waals surface area contributed by atoms with Crippen LogP contribution >= 0.6 is 0 Å². The molecule has 4 rings (SSSR count). The topological polar surface area (TPSA) is 95.2 Å². The van der Waals surface area contributed by atoms with E-state index in [1.165, 1.54) is 6.07 Å². The lowest BCUT2D eigenvalue weighted by Crippen LogP contribution is -2.31. The molecule has 140 valence electrons. The molecule has 1 aromatic heterocycles. The second kappa shape index (κ2) is 7.09. The van der Waals surface area contributed by atoms with Crippen LogP contribution in [-0.2, 0) is 6.54 Å². The van der Waals surface area contributed by atoms with Crippen LogP contribution in [0.3, 0.4) is 0 Å². The molecule has 3 aromatic rings. The summed E-state index contributed by atoms with van der Waals surface area (Å²) < 4.78 is 14.8. The minimum atomic E-state index is -0.571. The van der Waals surface area contributed by atoms with Crippen LogP contribution in [0.25, 0.3) is 22.4 Å². The molecule has 0 saturated carbocycles. The molecule has 2 heterocycles. The molecule has 1 aliphatic heterocycles. The SMILES string of the molecule is NC(=O)c1cccc2[nH]c(-c3ccc(CN4CCCC4CO)cc3F)nc12. The van der Waals surface area contributed by atoms with Gasteiger partial charge in [0.1, 0.15) is 17.2 Å². The number of fused-ring (bicyclic) bond motifs is 1. The van der Waals surface area contributed by atoms with Crippen LogP contribution in [0.2, 0.25) is 0 Å². The van der Waals surface area contributed by atoms with E-state index in [0.29, 0.717) is 34.5 Å². The average molecular weight is 368 g/mol. The number of aliphatic hydroxyl groups is 1. The molecule has 2 aromatic carbocycles. The number of likely N-dealkylation sites (tertiary alicyclic amines) is 1. The largest absolute Gasteiger partial charge is 0.395 e. The molecule has 0 radical (unpaired) electrons. The van der Waals surface area contributed by atoms with Gasteiger partial charge in [-0.05, 0) is 49.2 Å². The Morgan fingerprint density at radius 1 is 1.37 bits per heavy atom. The Balaban J connectivity index is 1.64. The van der Waals surface area contributed by atoms with E-state index in [1.54, 1.807) is 24.3 Å². The third-order valence-corrected chi connectivity index (χ3v) is 5.16. The quantitative estimate of drug-likeness (QED) is 0.644. The lowest BCUT2D eigenvalue weighted by atomic mass is 10.1. The first-order valence-corrected chi connectivity index (χ1v) is 8.99. The number of aromatic nitrogens is 2. The zero-order valence-corrected chi connectivity index (χ0v) is 14.8. The number of carbonyl (C=O) groups is 1. The Labute approximate surface area is 155 Å². The Kier molecular flexibility index (Phi) is 4.63. The van der Waals surface area contributed by atoms with Gasteiger partial charge in [0.25, 0.3) is 5.91 Å². The highest BCUT2D eigenvalue weighted by atomic mass is 19.1. The van der Waals surface area contributed by atoms with Gasteiger partial charge in [-0.2, -0.15) is 0 Å². The summed E-state index contributed by atoms with van der Waals surface area (Å²) in [5, 5.41) is 9.43. The van der Waals surface area contributed by atoms with Crippen LogP contribution in [0, 0.1) is 5.82 Å². The van der Waals surface area contributed by atoms with Crippen molar-refractivity contribution >= 4 is 16.9 Å². The number of amides is 1. The second-order valence-corrected chi connectivity index (χ2v) is 6.91. The number of halogens is 1. The molecule has 0 bridgehead atoms. The standard InChI is InChI=1S/C20H21FN4O2/c21-16-9-12(10-25-8-2-3-13(25)11-26)6-7-14(16)20-23-17-5-1-4-15(19(22)27)18(17)24-20/h1,4-7,9,13,26H,2-3,8,10-11H2,(H2,22,27)(H,23,24). The van der Waals surface area contributed by atoms with Gasteiger partial charge < -0.3 is 15.8 Å². The van der Waals surface area contributed by atoms with Gasteiger partial charge in [0.05, 0.1) is 23.3 Å². The number of aromatic amines is 1. The molecule has 1 fully saturated rings. The van der Waals surface area contributed by atoms with Crippen LogP contribution in [0.4, 0.5) is 4.39 Å². The van der Waals surface area contributed by atoms with E-state index in [4.69, 9.17) is 5.73 Å². The van der Waals surface area contributed by atoms with Crippen LogP contribution in [0.5, 0.6) is 0 Å². The molecule has 1 amide bonds. The molecule has 0 aliphatic carbocycles. The summed E-state index contributed by atoms with van der Waals surface area (Å²) in [6, 6.07) is 10.3. The number of H-pyrrole nitrogens is 1. The highest BCUT2D eigenvalue weighted by Crippen LogP contribution is 2.27. The first-order valence-electron chi connectivity index (χ1n) is 8.99. The second-order valence-electron chi connectivity index (χ2n) is 6.91. The molecule has 1 saturated heterocycles. The molecule has 1 unspecified atom stereocenters. The number of imidazole rings is 1. The maximum absolute atomic E-state index is 14.8. The molecule has 1 aliphatic rings. The lowest BCUT2D eigenvalue weighted by Gasteiger charge is -2.22. The summed E-state index contributed by atoms with van der Waals surface area (Å²) in [5.41, 5.74) is 7.95. The molecular formula is C20H21FN4O2. The Morgan fingerprint density at radius 2 is 2.22 bits per heavy atom. The van der Waals surface area contributed by atoms with Crippen LogP contribution in [0.1, 0.15) is 28.8 Å². The number of nitrogens with one attached hydrogen (secondary N) is 1. The number of nitrogens with two attached hydrogens (primary N) is 1. The minimum Gasteiger partial charge on any atom is -0.395 e. The fourth-order valence-electron chi connectivity index (χ4n) is 3.75. The average Bonchev–Trinajstić information content (AvgIpc) is 3.27. The number of hydrogen-bond donors (Lipinski definition) is 3. The van der Waals surface area contributed by atoms with Crippen molar-refractivity contribution in [3.63, 3.8) is 0 Å². The molecule has 4 N–H and O–H groups in total. The predicted octanol–water partition coefficient (Wildman–Crippen LogP) is 2.42. The maximum atomic E-state index is 14.8. The van der Waals surface area contributed by atoms with Crippen molar-refractivity contribution in [2.45, 2.75) is 25.4 Å². The van der Waals surface area contributed by atoms with E-state index in [2.05, 4.69) is 14.9 Å². The van der Waals surface area contributed by atoms with Gasteiger partial charge in [-0.3, -0.25) is 9.69 Å². The van der Waals surface area contributed by atoms with Crippen molar-refractivity contribution in [2.24, 2.45) is 5.73 Å². The van der Waals surface area contributed by atoms with E-state index >= 15 is 0 Å². The summed E-state index contributed by atoms with van der Waals surface area (Å²) in [6.07, 6.45) is 2.02. The van der Waals surface area contributed by atoms with Gasteiger partial charge in [-0.15, -0.1) is 0 Å². The molecule has 1 atom stereocenters. The number of aliphatic hydroxyl groups excluding tert-OH is 1. The van der Waals surface area contributed by atoms with E-state index in [-0.39, 0.29) is 18.5 Å². The number of rotatable bonds is 5. The predicted molar refractivity (Wildman–Crippen MR) is 101 cm³/mol. The first kappa shape index (κ1) is 17.6. The number of primary amides is 1. The smallest absolute Gasteiger partial charge is 0.250 e. The van der Waals surface area contributed by atoms with Crippen molar-refractivity contribution in [3.8, 4) is 11.4 Å². The summed E-state index contributed by atoms with van der Waals surface area (Å²) in [5.74, 6) is -0.595. The number of benzene rings is 2. The van der Waals surface area contributed by atoms with E-state index < -0.39 is 5.91 Å². The van der Waals surface area contributed by atoms with Gasteiger partial charge >= 0.3 is 0 Å². The molecule has 7 heteroatoms. The van der Waals surface area contributed by atoms with E-state index in [9.17, 15) is 14.3 Å². The van der Waals surface area contributed by atoms with E-state index in [0.717, 1.165) is 24.9 Å². The zero-order chi connectivity index (χ0) is 19.0. The molecule has 6 nitrogen and oxygen atoms in total. The van der Waals surface area contributed by atoms with Crippen molar-refractivity contribution in [1.82, 2.24) is 14.9 Å². The fourth-order valence-corrected chi connectivity index (χ4v) is 3.75. The van der Waals surface area contributed by atoms with Gasteiger partial charge in [0, 0.05) is 12.6 Å². The van der Waals surface area contributed by atoms with Gasteiger partial charge in [0.2, 0.25) is 0 Å². The third-order valence-electron chi connectivity index (χ3n) is 5.16. The summed E-state index contributed by atoms with van der Waals surface area (Å²) in [6.45, 7) is 1.64. The van der Waals surface area contributed by atoms with Crippen LogP contribution in [0.15, 0.2) is 36.4 Å². The lowest BCUT2D eigenvalue weighted by molar-refractivity contribution is 0.100. The zero-order valence-electron chi connectivity index (χ0n) is 14.8. The molecule has 27 heavy (non-hydrogen) atoms. The normalized spacial score (nSPS) is 17.6. The summed E-state index contributed by atoms with van der Waals surface area (Å²) in [7, 11) is 0. The fraction of sp³-hybridized carbons (Fsp3) is 0.300. The Bertz CT molecular complexity index is 1000. The minimum absolute atomic E-state index is 0.127. The highest BCUT2D eigenvalue weighted by molar-refractivity contribution is 6.04. The number of carbonyl (C=O) groups excluding carboxylic acids is 1. The first-order chi connectivity index (χ1) is 13.1. The maximum Gasteiger partial charge on any atom is 0.250 e. The van der Waals surface area contributed by atoms with Crippen molar-refractivity contribution in [3.05, 3.63) is 53.3 Å². The Hall–Kier alpha value is -2.77. The van der Waals surface area contributed by atoms with Gasteiger partial charge in [-0.1, -0.05) is 12.1 Å². The number of para-hydroxylation sites is 1. The monoisotopic (exact) mass is 368 g/mol. The van der Waals surface area contributed by atoms with Crippen LogP contribution < -0.4 is 5.73 Å². The van der Waals surface area contributed by atoms with Crippen molar-refractivity contribution in [2.75, 3.05) is 13.2 Å². The Morgan fingerprint density at radius 3 is 2.96 bits per heavy atom. The molecule has 0 spiro atoms. The molecular weight excluding hydrogens is 347 g/mol. The van der Waals surface area contributed by atoms with Gasteiger partial charge in [-0.25, -0.2) is 9.37 Å². The highest BCUT2D eigenvalue weighted by Gasteiger charge is 2.24. The summed E-state index contributed by atoms with van der Waals surface area (Å²) >= 11 is 0.